The number of ether oxygens (including phenoxy) is 4. The van der Waals surface area contributed by atoms with Crippen molar-refractivity contribution in [3.63, 3.8) is 0 Å². The maximum absolute atomic E-state index is 6.00. The number of hydrogen-bond acceptors (Lipinski definition) is 10. The Morgan fingerprint density at radius 3 is 1.12 bits per heavy atom. The van der Waals surface area contributed by atoms with Crippen LogP contribution in [0.3, 0.4) is 0 Å². The van der Waals surface area contributed by atoms with Crippen molar-refractivity contribution in [2.75, 3.05) is 26.4 Å². The molecule has 1 aliphatic carbocycles. The third-order valence-electron chi connectivity index (χ3n) is 8.95. The Bertz CT molecular complexity index is 2150. The van der Waals surface area contributed by atoms with Gasteiger partial charge in [-0.15, -0.1) is 68.0 Å². The van der Waals surface area contributed by atoms with E-state index in [1.807, 2.05) is 45.3 Å². The van der Waals surface area contributed by atoms with Gasteiger partial charge in [0.25, 0.3) is 0 Å². The third kappa shape index (κ3) is 5.67. The molecule has 4 nitrogen and oxygen atoms in total. The fraction of sp³-hybridized carbons (Fsp3) is 0.263. The van der Waals surface area contributed by atoms with Gasteiger partial charge in [-0.05, 0) is 70.1 Å². The van der Waals surface area contributed by atoms with Crippen molar-refractivity contribution in [2.24, 2.45) is 0 Å². The van der Waals surface area contributed by atoms with Crippen LogP contribution in [0.5, 0.6) is 23.0 Å². The third-order valence-corrected chi connectivity index (χ3v) is 20.0. The fourth-order valence-electron chi connectivity index (χ4n) is 6.89. The smallest absolute Gasteiger partial charge is 0.180 e. The van der Waals surface area contributed by atoms with Gasteiger partial charge >= 0.3 is 0 Å². The topological polar surface area (TPSA) is 36.9 Å². The SMILES string of the molecule is C[Si](C)(C)C1=C(c2ccc(-c3ccc(-c4scc5c4OCCO5)s3)s2)C([Si](C)(C)C)=C1c1ccc(-c2ccc(-c3scc4c3OCCO4)s2)s1. The largest absolute Gasteiger partial charge is 0.485 e. The molecule has 0 amide bonds. The summed E-state index contributed by atoms with van der Waals surface area (Å²) < 4.78 is 23.6. The van der Waals surface area contributed by atoms with Gasteiger partial charge in [-0.1, -0.05) is 39.3 Å². The van der Waals surface area contributed by atoms with Crippen molar-refractivity contribution in [3.05, 3.63) is 79.4 Å². The molecule has 50 heavy (non-hydrogen) atoms. The molecule has 0 N–H and O–H groups in total. The predicted octanol–water partition coefficient (Wildman–Crippen LogP) is 13.2. The van der Waals surface area contributed by atoms with E-state index in [4.69, 9.17) is 18.9 Å². The number of allylic oxidation sites excluding steroid dienone is 4. The molecule has 0 fully saturated rings. The van der Waals surface area contributed by atoms with E-state index in [1.54, 1.807) is 44.2 Å². The van der Waals surface area contributed by atoms with Crippen LogP contribution in [0, 0.1) is 0 Å². The van der Waals surface area contributed by atoms with E-state index in [0.29, 0.717) is 26.4 Å². The highest BCUT2D eigenvalue weighted by atomic mass is 32.1. The zero-order valence-electron chi connectivity index (χ0n) is 28.7. The molecule has 6 aromatic rings. The van der Waals surface area contributed by atoms with Crippen molar-refractivity contribution in [1.82, 2.24) is 0 Å². The van der Waals surface area contributed by atoms with Gasteiger partial charge in [0, 0.05) is 49.8 Å². The minimum absolute atomic E-state index is 0.609. The second-order valence-electron chi connectivity index (χ2n) is 14.6. The Labute approximate surface area is 318 Å². The first-order chi connectivity index (χ1) is 24.0. The molecule has 3 aliphatic rings. The van der Waals surface area contributed by atoms with E-state index in [1.165, 1.54) is 48.8 Å². The van der Waals surface area contributed by atoms with E-state index in [2.05, 4.69) is 98.6 Å². The summed E-state index contributed by atoms with van der Waals surface area (Å²) in [5.41, 5.74) is 3.12. The standard InChI is InChI=1S/C38H36O4S6Si2/c1-49(2,3)37-31(27-11-7-23(45-27)25-9-13-29(47-25)35-33-21(19-43-35)39-15-17-41-33)38(50(4,5)6)32(37)28-12-8-24(46-28)26-10-14-30(48-26)36-34-22(20-44-36)40-16-18-42-34/h7-14,19-20H,15-18H2,1-6H3. The molecule has 12 heteroatoms. The molecule has 0 saturated heterocycles. The van der Waals surface area contributed by atoms with Crippen LogP contribution in [0.15, 0.2) is 69.7 Å². The van der Waals surface area contributed by atoms with Crippen LogP contribution in [0.2, 0.25) is 39.3 Å². The number of rotatable bonds is 8. The lowest BCUT2D eigenvalue weighted by atomic mass is 9.95. The van der Waals surface area contributed by atoms with Crippen molar-refractivity contribution in [1.29, 1.82) is 0 Å². The summed E-state index contributed by atoms with van der Waals surface area (Å²) in [6, 6.07) is 18.5. The molecule has 0 bridgehead atoms. The van der Waals surface area contributed by atoms with Crippen LogP contribution in [0.4, 0.5) is 0 Å². The molecule has 6 aromatic heterocycles. The molecule has 0 radical (unpaired) electrons. The van der Waals surface area contributed by atoms with Crippen molar-refractivity contribution in [3.8, 4) is 62.0 Å². The molecule has 8 heterocycles. The first-order valence-electron chi connectivity index (χ1n) is 16.7. The molecule has 0 saturated carbocycles. The number of hydrogen-bond donors (Lipinski definition) is 0. The summed E-state index contributed by atoms with van der Waals surface area (Å²) in [6.07, 6.45) is 0. The molecule has 256 valence electrons. The Morgan fingerprint density at radius 1 is 0.420 bits per heavy atom. The Morgan fingerprint density at radius 2 is 0.740 bits per heavy atom. The zero-order valence-corrected chi connectivity index (χ0v) is 35.6. The maximum Gasteiger partial charge on any atom is 0.180 e. The van der Waals surface area contributed by atoms with E-state index in [-0.39, 0.29) is 0 Å². The second-order valence-corrected chi connectivity index (χ2v) is 30.7. The average Bonchev–Trinajstić information content (AvgIpc) is 3.90. The monoisotopic (exact) mass is 804 g/mol. The average molecular weight is 805 g/mol. The van der Waals surface area contributed by atoms with Gasteiger partial charge < -0.3 is 18.9 Å². The summed E-state index contributed by atoms with van der Waals surface area (Å²) in [5, 5.41) is 7.43. The summed E-state index contributed by atoms with van der Waals surface area (Å²) in [7, 11) is -3.41. The number of thiophene rings is 6. The lowest BCUT2D eigenvalue weighted by Crippen LogP contribution is -2.38. The molecule has 2 aliphatic heterocycles. The van der Waals surface area contributed by atoms with Crippen LogP contribution in [0.1, 0.15) is 9.75 Å². The predicted molar refractivity (Wildman–Crippen MR) is 224 cm³/mol. The zero-order chi connectivity index (χ0) is 34.4. The van der Waals surface area contributed by atoms with Gasteiger partial charge in [-0.2, -0.15) is 0 Å². The van der Waals surface area contributed by atoms with E-state index in [9.17, 15) is 0 Å². The van der Waals surface area contributed by atoms with E-state index >= 15 is 0 Å². The lowest BCUT2D eigenvalue weighted by Gasteiger charge is -2.42. The Kier molecular flexibility index (Phi) is 8.28. The van der Waals surface area contributed by atoms with Gasteiger partial charge in [-0.3, -0.25) is 0 Å². The summed E-state index contributed by atoms with van der Waals surface area (Å²) in [4.78, 5) is 13.0. The minimum atomic E-state index is -1.71. The van der Waals surface area contributed by atoms with E-state index in [0.717, 1.165) is 23.0 Å². The highest BCUT2D eigenvalue weighted by molar-refractivity contribution is 7.27. The Hall–Kier alpha value is -2.69. The first-order valence-corrected chi connectivity index (χ1v) is 28.7. The van der Waals surface area contributed by atoms with Gasteiger partial charge in [0.2, 0.25) is 0 Å². The quantitative estimate of drug-likeness (QED) is 0.144. The normalized spacial score (nSPS) is 16.0. The molecular weight excluding hydrogens is 769 g/mol. The van der Waals surface area contributed by atoms with Gasteiger partial charge in [0.05, 0.1) is 25.9 Å². The van der Waals surface area contributed by atoms with Crippen LogP contribution in [-0.4, -0.2) is 42.6 Å². The molecule has 9 rings (SSSR count). The van der Waals surface area contributed by atoms with Crippen LogP contribution in [0.25, 0.3) is 50.2 Å². The Balaban J connectivity index is 1.04. The molecular formula is C38H36O4S6Si2. The maximum atomic E-state index is 6.00. The fourth-order valence-corrected chi connectivity index (χ4v) is 18.0. The van der Waals surface area contributed by atoms with Crippen molar-refractivity contribution in [2.45, 2.75) is 39.3 Å². The molecule has 0 atom stereocenters. The van der Waals surface area contributed by atoms with Crippen LogP contribution >= 0.6 is 68.0 Å². The van der Waals surface area contributed by atoms with Crippen LogP contribution < -0.4 is 18.9 Å². The van der Waals surface area contributed by atoms with Gasteiger partial charge in [0.1, 0.15) is 26.4 Å². The molecule has 0 spiro atoms. The van der Waals surface area contributed by atoms with E-state index < -0.39 is 16.1 Å². The summed E-state index contributed by atoms with van der Waals surface area (Å²) in [6.45, 7) is 17.6. The lowest BCUT2D eigenvalue weighted by molar-refractivity contribution is 0.174. The van der Waals surface area contributed by atoms with Crippen molar-refractivity contribution < 1.29 is 18.9 Å². The first kappa shape index (κ1) is 33.2. The summed E-state index contributed by atoms with van der Waals surface area (Å²) in [5.74, 6) is 3.56. The highest BCUT2D eigenvalue weighted by Gasteiger charge is 2.44. The number of fused-ring (bicyclic) bond motifs is 2. The van der Waals surface area contributed by atoms with Gasteiger partial charge in [-0.25, -0.2) is 0 Å². The van der Waals surface area contributed by atoms with Crippen molar-refractivity contribution >= 4 is 95.3 Å². The second kappa shape index (κ2) is 12.5. The molecule has 0 unspecified atom stereocenters. The minimum Gasteiger partial charge on any atom is -0.485 e. The molecule has 0 aromatic carbocycles. The van der Waals surface area contributed by atoms with Crippen LogP contribution in [-0.2, 0) is 0 Å². The van der Waals surface area contributed by atoms with Gasteiger partial charge in [0.15, 0.2) is 23.0 Å². The highest BCUT2D eigenvalue weighted by Crippen LogP contribution is 2.58. The summed E-state index contributed by atoms with van der Waals surface area (Å²) >= 11 is 11.0.